The van der Waals surface area contributed by atoms with Crippen LogP contribution in [-0.4, -0.2) is 38.2 Å². The molecule has 0 spiro atoms. The molecule has 0 fully saturated rings. The van der Waals surface area contributed by atoms with Crippen molar-refractivity contribution in [3.63, 3.8) is 0 Å². The predicted octanol–water partition coefficient (Wildman–Crippen LogP) is 3.36. The summed E-state index contributed by atoms with van der Waals surface area (Å²) >= 11 is 0. The molecule has 24 heavy (non-hydrogen) atoms. The lowest BCUT2D eigenvalue weighted by atomic mass is 10.2. The topological polar surface area (TPSA) is 43.1 Å². The molecule has 0 saturated carbocycles. The van der Waals surface area contributed by atoms with Crippen molar-refractivity contribution in [2.24, 2.45) is 7.05 Å². The van der Waals surface area contributed by atoms with Crippen molar-refractivity contribution in [1.82, 2.24) is 19.2 Å². The zero-order valence-corrected chi connectivity index (χ0v) is 14.3. The number of hydrogen-bond donors (Lipinski definition) is 0. The van der Waals surface area contributed by atoms with Gasteiger partial charge in [0.15, 0.2) is 0 Å². The normalized spacial score (nSPS) is 10.8. The van der Waals surface area contributed by atoms with Crippen molar-refractivity contribution < 1.29 is 4.79 Å². The van der Waals surface area contributed by atoms with E-state index in [2.05, 4.69) is 0 Å². The summed E-state index contributed by atoms with van der Waals surface area (Å²) in [5.41, 5.74) is 3.25. The Labute approximate surface area is 142 Å². The second-order valence-corrected chi connectivity index (χ2v) is 5.64. The van der Waals surface area contributed by atoms with Gasteiger partial charge < -0.3 is 9.47 Å². The Morgan fingerprint density at radius 3 is 2.38 bits per heavy atom. The summed E-state index contributed by atoms with van der Waals surface area (Å²) in [6.07, 6.45) is 1.97. The van der Waals surface area contributed by atoms with Crippen molar-refractivity contribution in [1.29, 1.82) is 0 Å². The highest BCUT2D eigenvalue weighted by atomic mass is 16.2. The van der Waals surface area contributed by atoms with Gasteiger partial charge in [-0.3, -0.25) is 4.79 Å². The van der Waals surface area contributed by atoms with Crippen LogP contribution in [0.4, 0.5) is 0 Å². The van der Waals surface area contributed by atoms with E-state index < -0.39 is 0 Å². The molecule has 2 aromatic heterocycles. The number of aryl methyl sites for hydroxylation is 1. The highest BCUT2D eigenvalue weighted by molar-refractivity contribution is 5.94. The van der Waals surface area contributed by atoms with E-state index in [1.165, 1.54) is 0 Å². The Hall–Kier alpha value is -2.82. The molecule has 3 rings (SSSR count). The molecular weight excluding hydrogens is 300 g/mol. The summed E-state index contributed by atoms with van der Waals surface area (Å²) in [6.45, 7) is 5.33. The van der Waals surface area contributed by atoms with Crippen LogP contribution in [-0.2, 0) is 7.05 Å². The smallest absolute Gasteiger partial charge is 0.272 e. The lowest BCUT2D eigenvalue weighted by molar-refractivity contribution is 0.0764. The van der Waals surface area contributed by atoms with Gasteiger partial charge in [0.2, 0.25) is 0 Å². The van der Waals surface area contributed by atoms with Gasteiger partial charge in [-0.1, -0.05) is 18.2 Å². The second-order valence-electron chi connectivity index (χ2n) is 5.64. The highest BCUT2D eigenvalue weighted by Crippen LogP contribution is 2.22. The van der Waals surface area contributed by atoms with Crippen LogP contribution in [0.2, 0.25) is 0 Å². The number of nitrogens with zero attached hydrogens (tertiary/aromatic N) is 4. The van der Waals surface area contributed by atoms with E-state index in [0.29, 0.717) is 18.8 Å². The minimum Gasteiger partial charge on any atom is -0.349 e. The fourth-order valence-electron chi connectivity index (χ4n) is 2.82. The van der Waals surface area contributed by atoms with Crippen molar-refractivity contribution in [2.45, 2.75) is 13.8 Å². The van der Waals surface area contributed by atoms with Gasteiger partial charge in [-0.05, 0) is 44.2 Å². The van der Waals surface area contributed by atoms with Crippen molar-refractivity contribution in [3.8, 4) is 17.1 Å². The summed E-state index contributed by atoms with van der Waals surface area (Å²) in [7, 11) is 1.97. The number of hydrogen-bond acceptors (Lipinski definition) is 2. The Balaban J connectivity index is 2.14. The van der Waals surface area contributed by atoms with Crippen molar-refractivity contribution in [2.75, 3.05) is 13.1 Å². The molecular formula is C19H22N4O. The second kappa shape index (κ2) is 6.74. The van der Waals surface area contributed by atoms with Gasteiger partial charge in [0, 0.05) is 26.3 Å². The van der Waals surface area contributed by atoms with Crippen LogP contribution in [0.5, 0.6) is 0 Å². The largest absolute Gasteiger partial charge is 0.349 e. The molecule has 0 aliphatic heterocycles. The first-order valence-corrected chi connectivity index (χ1v) is 8.22. The number of rotatable bonds is 5. The van der Waals surface area contributed by atoms with E-state index in [0.717, 1.165) is 17.1 Å². The van der Waals surface area contributed by atoms with Crippen LogP contribution >= 0.6 is 0 Å². The van der Waals surface area contributed by atoms with Crippen LogP contribution < -0.4 is 0 Å². The first-order chi connectivity index (χ1) is 11.7. The molecule has 124 valence electrons. The van der Waals surface area contributed by atoms with Gasteiger partial charge in [0.05, 0.1) is 11.4 Å². The van der Waals surface area contributed by atoms with E-state index in [1.54, 1.807) is 4.68 Å². The van der Waals surface area contributed by atoms with Gasteiger partial charge in [0.1, 0.15) is 11.4 Å². The third kappa shape index (κ3) is 2.85. The standard InChI is InChI=1S/C19H22N4O/c1-4-22(5-2)19(24)18-14-16(17-12-9-13-21(17)3)20-23(18)15-10-7-6-8-11-15/h6-14H,4-5H2,1-3H3. The molecule has 1 amide bonds. The van der Waals surface area contributed by atoms with E-state index in [9.17, 15) is 4.79 Å². The number of aromatic nitrogens is 3. The highest BCUT2D eigenvalue weighted by Gasteiger charge is 2.21. The quantitative estimate of drug-likeness (QED) is 0.723. The molecule has 1 aromatic carbocycles. The Morgan fingerprint density at radius 1 is 1.08 bits per heavy atom. The van der Waals surface area contributed by atoms with E-state index in [1.807, 2.05) is 85.1 Å². The Morgan fingerprint density at radius 2 is 1.79 bits per heavy atom. The van der Waals surface area contributed by atoms with Crippen LogP contribution in [0, 0.1) is 0 Å². The molecule has 0 bridgehead atoms. The van der Waals surface area contributed by atoms with Crippen molar-refractivity contribution in [3.05, 3.63) is 60.4 Å². The first kappa shape index (κ1) is 16.1. The average Bonchev–Trinajstić information content (AvgIpc) is 3.22. The van der Waals surface area contributed by atoms with Gasteiger partial charge in [0.25, 0.3) is 5.91 Å². The summed E-state index contributed by atoms with van der Waals surface area (Å²) in [5.74, 6) is -0.00295. The van der Waals surface area contributed by atoms with Gasteiger partial charge in [-0.2, -0.15) is 5.10 Å². The van der Waals surface area contributed by atoms with Gasteiger partial charge in [-0.15, -0.1) is 0 Å². The number of carbonyl (C=O) groups excluding carboxylic acids is 1. The fourth-order valence-corrected chi connectivity index (χ4v) is 2.82. The zero-order chi connectivity index (χ0) is 17.1. The minimum absolute atomic E-state index is 0.00295. The lowest BCUT2D eigenvalue weighted by Crippen LogP contribution is -2.32. The maximum atomic E-state index is 12.9. The zero-order valence-electron chi connectivity index (χ0n) is 14.3. The maximum absolute atomic E-state index is 12.9. The first-order valence-electron chi connectivity index (χ1n) is 8.22. The molecule has 0 aliphatic rings. The fraction of sp³-hybridized carbons (Fsp3) is 0.263. The van der Waals surface area contributed by atoms with E-state index >= 15 is 0 Å². The van der Waals surface area contributed by atoms with E-state index in [-0.39, 0.29) is 5.91 Å². The third-order valence-corrected chi connectivity index (χ3v) is 4.19. The van der Waals surface area contributed by atoms with Crippen LogP contribution in [0.25, 0.3) is 17.1 Å². The van der Waals surface area contributed by atoms with E-state index in [4.69, 9.17) is 5.10 Å². The van der Waals surface area contributed by atoms with Crippen LogP contribution in [0.3, 0.4) is 0 Å². The van der Waals surface area contributed by atoms with Gasteiger partial charge >= 0.3 is 0 Å². The number of para-hydroxylation sites is 1. The van der Waals surface area contributed by atoms with Crippen LogP contribution in [0.15, 0.2) is 54.7 Å². The molecule has 0 atom stereocenters. The van der Waals surface area contributed by atoms with Gasteiger partial charge in [-0.25, -0.2) is 4.68 Å². The molecule has 0 saturated heterocycles. The minimum atomic E-state index is -0.00295. The number of carbonyl (C=O) groups is 1. The third-order valence-electron chi connectivity index (χ3n) is 4.19. The lowest BCUT2D eigenvalue weighted by Gasteiger charge is -2.19. The Kier molecular flexibility index (Phi) is 4.51. The molecule has 5 nitrogen and oxygen atoms in total. The summed E-state index contributed by atoms with van der Waals surface area (Å²) in [4.78, 5) is 14.7. The molecule has 0 aliphatic carbocycles. The molecule has 3 aromatic rings. The molecule has 5 heteroatoms. The SMILES string of the molecule is CCN(CC)C(=O)c1cc(-c2cccn2C)nn1-c1ccccc1. The van der Waals surface area contributed by atoms with Crippen LogP contribution in [0.1, 0.15) is 24.3 Å². The average molecular weight is 322 g/mol. The summed E-state index contributed by atoms with van der Waals surface area (Å²) < 4.78 is 3.74. The molecule has 2 heterocycles. The summed E-state index contributed by atoms with van der Waals surface area (Å²) in [5, 5.41) is 4.70. The van der Waals surface area contributed by atoms with Crippen molar-refractivity contribution >= 4 is 5.91 Å². The number of benzene rings is 1. The summed E-state index contributed by atoms with van der Waals surface area (Å²) in [6, 6.07) is 15.6. The molecule has 0 radical (unpaired) electrons. The molecule has 0 N–H and O–H groups in total. The maximum Gasteiger partial charge on any atom is 0.272 e. The predicted molar refractivity (Wildman–Crippen MR) is 95.2 cm³/mol. The Bertz CT molecular complexity index is 828. The number of amides is 1. The monoisotopic (exact) mass is 322 g/mol. The molecule has 0 unspecified atom stereocenters.